The molecule has 0 saturated heterocycles. The molecule has 2 aromatic rings. The number of nitrogens with zero attached hydrogens (tertiary/aromatic N) is 3. The first kappa shape index (κ1) is 10.8. The van der Waals surface area contributed by atoms with Crippen LogP contribution in [0.3, 0.4) is 0 Å². The summed E-state index contributed by atoms with van der Waals surface area (Å²) in [6, 6.07) is 8.06. The Morgan fingerprint density at radius 2 is 2.00 bits per heavy atom. The zero-order valence-corrected chi connectivity index (χ0v) is 10.1. The van der Waals surface area contributed by atoms with Crippen LogP contribution in [0.2, 0.25) is 0 Å². The van der Waals surface area contributed by atoms with E-state index in [2.05, 4.69) is 16.5 Å². The predicted molar refractivity (Wildman–Crippen MR) is 69.0 cm³/mol. The molecule has 4 heteroatoms. The van der Waals surface area contributed by atoms with Crippen molar-refractivity contribution in [1.82, 2.24) is 9.66 Å². The molecule has 0 saturated carbocycles. The maximum Gasteiger partial charge on any atom is 0.163 e. The number of nitriles is 1. The number of aryl methyl sites for hydroxylation is 2. The molecule has 1 aliphatic carbocycles. The Hall–Kier alpha value is -2.28. The summed E-state index contributed by atoms with van der Waals surface area (Å²) in [5.74, 6) is 0.648. The molecule has 1 N–H and O–H groups in total. The zero-order chi connectivity index (χ0) is 12.4. The average molecular weight is 238 g/mol. The first-order chi connectivity index (χ1) is 8.86. The van der Waals surface area contributed by atoms with Crippen LogP contribution in [0.15, 0.2) is 30.6 Å². The lowest BCUT2D eigenvalue weighted by atomic mass is 9.95. The molecule has 0 radical (unpaired) electrons. The summed E-state index contributed by atoms with van der Waals surface area (Å²) in [5, 5.41) is 9.21. The first-order valence-electron chi connectivity index (χ1n) is 6.20. The minimum Gasteiger partial charge on any atom is -0.277 e. The third-order valence-corrected chi connectivity index (χ3v) is 3.26. The van der Waals surface area contributed by atoms with E-state index < -0.39 is 0 Å². The van der Waals surface area contributed by atoms with Crippen LogP contribution in [0, 0.1) is 11.3 Å². The lowest BCUT2D eigenvalue weighted by Gasteiger charge is -2.17. The molecule has 0 unspecified atom stereocenters. The first-order valence-corrected chi connectivity index (χ1v) is 6.20. The van der Waals surface area contributed by atoms with Crippen LogP contribution in [0.5, 0.6) is 0 Å². The van der Waals surface area contributed by atoms with Gasteiger partial charge < -0.3 is 0 Å². The molecule has 2 aromatic heterocycles. The van der Waals surface area contributed by atoms with E-state index in [0.29, 0.717) is 11.4 Å². The highest BCUT2D eigenvalue weighted by Crippen LogP contribution is 2.24. The lowest BCUT2D eigenvalue weighted by molar-refractivity contribution is 0.667. The standard InChI is InChI=1S/C14H14N4/c15-10-12-9-11-5-1-2-6-13(11)16-14(12)17-18-7-3-4-8-18/h3-4,7-9H,1-2,5-6H2,(H,16,17). The van der Waals surface area contributed by atoms with Gasteiger partial charge in [0, 0.05) is 18.1 Å². The number of rotatable bonds is 2. The SMILES string of the molecule is N#Cc1cc2c(nc1Nn1cccc1)CCCC2. The van der Waals surface area contributed by atoms with Crippen LogP contribution in [-0.4, -0.2) is 9.66 Å². The highest BCUT2D eigenvalue weighted by molar-refractivity contribution is 5.54. The van der Waals surface area contributed by atoms with Crippen molar-refractivity contribution in [2.24, 2.45) is 0 Å². The minimum absolute atomic E-state index is 0.615. The van der Waals surface area contributed by atoms with Gasteiger partial charge in [-0.3, -0.25) is 10.1 Å². The molecule has 1 aliphatic rings. The molecule has 0 fully saturated rings. The second kappa shape index (κ2) is 4.53. The number of anilines is 1. The fourth-order valence-electron chi connectivity index (χ4n) is 2.34. The second-order valence-corrected chi connectivity index (χ2v) is 4.51. The van der Waals surface area contributed by atoms with Crippen LogP contribution < -0.4 is 5.43 Å². The number of hydrogen-bond donors (Lipinski definition) is 1. The Balaban J connectivity index is 2.00. The van der Waals surface area contributed by atoms with Crippen molar-refractivity contribution in [1.29, 1.82) is 5.26 Å². The topological polar surface area (TPSA) is 53.6 Å². The molecule has 3 rings (SSSR count). The van der Waals surface area contributed by atoms with Crippen molar-refractivity contribution >= 4 is 5.82 Å². The largest absolute Gasteiger partial charge is 0.277 e. The molecule has 0 spiro atoms. The highest BCUT2D eigenvalue weighted by atomic mass is 15.4. The van der Waals surface area contributed by atoms with Gasteiger partial charge in [0.2, 0.25) is 0 Å². The molecule has 18 heavy (non-hydrogen) atoms. The molecule has 0 amide bonds. The van der Waals surface area contributed by atoms with Gasteiger partial charge >= 0.3 is 0 Å². The van der Waals surface area contributed by atoms with Gasteiger partial charge in [-0.05, 0) is 49.4 Å². The number of fused-ring (bicyclic) bond motifs is 1. The van der Waals surface area contributed by atoms with Crippen molar-refractivity contribution < 1.29 is 0 Å². The fourth-order valence-corrected chi connectivity index (χ4v) is 2.34. The van der Waals surface area contributed by atoms with E-state index in [9.17, 15) is 5.26 Å². The van der Waals surface area contributed by atoms with Gasteiger partial charge in [0.15, 0.2) is 5.82 Å². The zero-order valence-electron chi connectivity index (χ0n) is 10.1. The predicted octanol–water partition coefficient (Wildman–Crippen LogP) is 2.51. The van der Waals surface area contributed by atoms with Crippen LogP contribution in [0.4, 0.5) is 5.82 Å². The van der Waals surface area contributed by atoms with Crippen molar-refractivity contribution in [2.45, 2.75) is 25.7 Å². The monoisotopic (exact) mass is 238 g/mol. The second-order valence-electron chi connectivity index (χ2n) is 4.51. The molecule has 0 aliphatic heterocycles. The normalized spacial score (nSPS) is 13.7. The van der Waals surface area contributed by atoms with Gasteiger partial charge in [0.1, 0.15) is 6.07 Å². The van der Waals surface area contributed by atoms with Gasteiger partial charge in [0.25, 0.3) is 0 Å². The van der Waals surface area contributed by atoms with Crippen molar-refractivity contribution in [3.05, 3.63) is 47.4 Å². The Labute approximate surface area is 106 Å². The molecular formula is C14H14N4. The smallest absolute Gasteiger partial charge is 0.163 e. The summed E-state index contributed by atoms with van der Waals surface area (Å²) < 4.78 is 1.80. The molecule has 90 valence electrons. The number of pyridine rings is 1. The number of hydrogen-bond acceptors (Lipinski definition) is 3. The summed E-state index contributed by atoms with van der Waals surface area (Å²) in [6.45, 7) is 0. The van der Waals surface area contributed by atoms with Crippen LogP contribution in [-0.2, 0) is 12.8 Å². The Morgan fingerprint density at radius 1 is 1.22 bits per heavy atom. The third-order valence-electron chi connectivity index (χ3n) is 3.26. The van der Waals surface area contributed by atoms with Gasteiger partial charge in [-0.2, -0.15) is 5.26 Å². The van der Waals surface area contributed by atoms with Crippen molar-refractivity contribution in [3.63, 3.8) is 0 Å². The Kier molecular flexibility index (Phi) is 2.73. The highest BCUT2D eigenvalue weighted by Gasteiger charge is 2.15. The van der Waals surface area contributed by atoms with Crippen LogP contribution in [0.1, 0.15) is 29.7 Å². The summed E-state index contributed by atoms with van der Waals surface area (Å²) in [7, 11) is 0. The third kappa shape index (κ3) is 1.95. The molecule has 0 aromatic carbocycles. The van der Waals surface area contributed by atoms with E-state index in [0.717, 1.165) is 18.5 Å². The molecule has 0 atom stereocenters. The van der Waals surface area contributed by atoms with Gasteiger partial charge in [-0.15, -0.1) is 0 Å². The summed E-state index contributed by atoms with van der Waals surface area (Å²) >= 11 is 0. The summed E-state index contributed by atoms with van der Waals surface area (Å²) in [5.41, 5.74) is 6.12. The minimum atomic E-state index is 0.615. The van der Waals surface area contributed by atoms with E-state index in [1.165, 1.54) is 18.4 Å². The van der Waals surface area contributed by atoms with E-state index in [-0.39, 0.29) is 0 Å². The molecular weight excluding hydrogens is 224 g/mol. The van der Waals surface area contributed by atoms with E-state index in [4.69, 9.17) is 0 Å². The maximum atomic E-state index is 9.21. The van der Waals surface area contributed by atoms with Crippen LogP contribution >= 0.6 is 0 Å². The van der Waals surface area contributed by atoms with Crippen molar-refractivity contribution in [2.75, 3.05) is 5.43 Å². The fraction of sp³-hybridized carbons (Fsp3) is 0.286. The number of aromatic nitrogens is 2. The molecule has 4 nitrogen and oxygen atoms in total. The summed E-state index contributed by atoms with van der Waals surface area (Å²) in [4.78, 5) is 4.60. The van der Waals surface area contributed by atoms with E-state index >= 15 is 0 Å². The number of nitrogens with one attached hydrogen (secondary N) is 1. The van der Waals surface area contributed by atoms with Crippen molar-refractivity contribution in [3.8, 4) is 6.07 Å². The van der Waals surface area contributed by atoms with E-state index in [1.807, 2.05) is 30.6 Å². The van der Waals surface area contributed by atoms with Gasteiger partial charge in [-0.1, -0.05) is 0 Å². The average Bonchev–Trinajstić information content (AvgIpc) is 2.91. The van der Waals surface area contributed by atoms with Gasteiger partial charge in [0.05, 0.1) is 5.56 Å². The quantitative estimate of drug-likeness (QED) is 0.874. The summed E-state index contributed by atoms with van der Waals surface area (Å²) in [6.07, 6.45) is 8.23. The molecule has 2 heterocycles. The Bertz CT molecular complexity index is 593. The lowest BCUT2D eigenvalue weighted by Crippen LogP contribution is -2.13. The van der Waals surface area contributed by atoms with E-state index in [1.54, 1.807) is 4.68 Å². The molecule has 0 bridgehead atoms. The van der Waals surface area contributed by atoms with Crippen LogP contribution in [0.25, 0.3) is 0 Å². The maximum absolute atomic E-state index is 9.21. The van der Waals surface area contributed by atoms with Gasteiger partial charge in [-0.25, -0.2) is 4.98 Å². The Morgan fingerprint density at radius 3 is 2.78 bits per heavy atom.